The molecule has 2 fully saturated rings. The summed E-state index contributed by atoms with van der Waals surface area (Å²) in [6.07, 6.45) is 5.30. The zero-order chi connectivity index (χ0) is 15.5. The van der Waals surface area contributed by atoms with E-state index in [0.29, 0.717) is 18.2 Å². The molecule has 0 aromatic heterocycles. The van der Waals surface area contributed by atoms with Crippen molar-refractivity contribution >= 4 is 11.6 Å². The van der Waals surface area contributed by atoms with Crippen molar-refractivity contribution < 1.29 is 13.6 Å². The number of halogens is 2. The molecule has 1 aromatic carbocycles. The van der Waals surface area contributed by atoms with Crippen LogP contribution >= 0.6 is 0 Å². The van der Waals surface area contributed by atoms with Crippen molar-refractivity contribution in [3.63, 3.8) is 0 Å². The molecule has 3 nitrogen and oxygen atoms in total. The second kappa shape index (κ2) is 6.63. The highest BCUT2D eigenvalue weighted by Gasteiger charge is 2.26. The molecule has 1 unspecified atom stereocenters. The fourth-order valence-corrected chi connectivity index (χ4v) is 3.49. The highest BCUT2D eigenvalue weighted by molar-refractivity contribution is 5.78. The van der Waals surface area contributed by atoms with Gasteiger partial charge in [-0.05, 0) is 37.3 Å². The van der Waals surface area contributed by atoms with Crippen LogP contribution in [0.3, 0.4) is 0 Å². The predicted molar refractivity (Wildman–Crippen MR) is 81.6 cm³/mol. The van der Waals surface area contributed by atoms with Crippen LogP contribution in [0.5, 0.6) is 0 Å². The summed E-state index contributed by atoms with van der Waals surface area (Å²) in [5.74, 6) is -0.871. The van der Waals surface area contributed by atoms with Gasteiger partial charge >= 0.3 is 0 Å². The molecule has 1 N–H and O–H groups in total. The van der Waals surface area contributed by atoms with E-state index in [1.54, 1.807) is 6.07 Å². The smallest absolute Gasteiger partial charge is 0.223 e. The Morgan fingerprint density at radius 3 is 2.68 bits per heavy atom. The monoisotopic (exact) mass is 308 g/mol. The largest absolute Gasteiger partial charge is 0.371 e. The minimum Gasteiger partial charge on any atom is -0.371 e. The molecule has 0 bridgehead atoms. The first-order chi connectivity index (χ1) is 10.6. The summed E-state index contributed by atoms with van der Waals surface area (Å²) in [5, 5.41) is 3.06. The van der Waals surface area contributed by atoms with Gasteiger partial charge in [0.1, 0.15) is 0 Å². The Balaban J connectivity index is 1.49. The fourth-order valence-electron chi connectivity index (χ4n) is 3.49. The molecular weight excluding hydrogens is 286 g/mol. The Bertz CT molecular complexity index is 543. The zero-order valence-electron chi connectivity index (χ0n) is 12.7. The highest BCUT2D eigenvalue weighted by atomic mass is 19.2. The second-order valence-corrected chi connectivity index (χ2v) is 6.43. The van der Waals surface area contributed by atoms with E-state index in [2.05, 4.69) is 10.2 Å². The average molecular weight is 308 g/mol. The lowest BCUT2D eigenvalue weighted by Gasteiger charge is -2.19. The van der Waals surface area contributed by atoms with E-state index in [0.717, 1.165) is 45.2 Å². The Hall–Kier alpha value is -1.65. The van der Waals surface area contributed by atoms with Crippen LogP contribution in [0.15, 0.2) is 18.2 Å². The van der Waals surface area contributed by atoms with Crippen LogP contribution in [0.25, 0.3) is 0 Å². The van der Waals surface area contributed by atoms with Crippen molar-refractivity contribution in [2.75, 3.05) is 24.5 Å². The second-order valence-electron chi connectivity index (χ2n) is 6.43. The van der Waals surface area contributed by atoms with Gasteiger partial charge in [0, 0.05) is 37.3 Å². The van der Waals surface area contributed by atoms with E-state index in [1.807, 2.05) is 0 Å². The van der Waals surface area contributed by atoms with Gasteiger partial charge in [-0.3, -0.25) is 4.79 Å². The molecule has 1 aliphatic heterocycles. The number of carbonyl (C=O) groups excluding carboxylic acids is 1. The quantitative estimate of drug-likeness (QED) is 0.927. The molecule has 22 heavy (non-hydrogen) atoms. The van der Waals surface area contributed by atoms with Gasteiger partial charge in [-0.25, -0.2) is 8.78 Å². The predicted octanol–water partition coefficient (Wildman–Crippen LogP) is 3.10. The van der Waals surface area contributed by atoms with E-state index in [-0.39, 0.29) is 11.8 Å². The molecule has 3 rings (SSSR count). The van der Waals surface area contributed by atoms with Gasteiger partial charge in [0.2, 0.25) is 5.91 Å². The van der Waals surface area contributed by atoms with Crippen LogP contribution in [0, 0.1) is 23.5 Å². The lowest BCUT2D eigenvalue weighted by molar-refractivity contribution is -0.124. The lowest BCUT2D eigenvalue weighted by atomic mass is 10.1. The number of anilines is 1. The number of rotatable bonds is 4. The maximum absolute atomic E-state index is 13.3. The normalized spacial score (nSPS) is 22.3. The van der Waals surface area contributed by atoms with Crippen molar-refractivity contribution in [3.05, 3.63) is 29.8 Å². The summed E-state index contributed by atoms with van der Waals surface area (Å²) < 4.78 is 26.3. The number of amides is 1. The first kappa shape index (κ1) is 15.3. The van der Waals surface area contributed by atoms with Gasteiger partial charge in [0.05, 0.1) is 0 Å². The molecule has 1 atom stereocenters. The van der Waals surface area contributed by atoms with E-state index in [1.165, 1.54) is 12.1 Å². The molecule has 120 valence electrons. The van der Waals surface area contributed by atoms with Gasteiger partial charge < -0.3 is 10.2 Å². The van der Waals surface area contributed by atoms with Crippen LogP contribution in [-0.2, 0) is 4.79 Å². The highest BCUT2D eigenvalue weighted by Crippen LogP contribution is 2.26. The number of carbonyl (C=O) groups is 1. The summed E-state index contributed by atoms with van der Waals surface area (Å²) in [6, 6.07) is 4.02. The van der Waals surface area contributed by atoms with Gasteiger partial charge in [0.25, 0.3) is 0 Å². The summed E-state index contributed by atoms with van der Waals surface area (Å²) in [5.41, 5.74) is 0.712. The van der Waals surface area contributed by atoms with Crippen molar-refractivity contribution in [3.8, 4) is 0 Å². The topological polar surface area (TPSA) is 32.3 Å². The van der Waals surface area contributed by atoms with E-state index >= 15 is 0 Å². The molecule has 5 heteroatoms. The molecule has 2 aliphatic rings. The Labute approximate surface area is 129 Å². The van der Waals surface area contributed by atoms with Gasteiger partial charge in [0.15, 0.2) is 11.6 Å². The number of hydrogen-bond acceptors (Lipinski definition) is 2. The third kappa shape index (κ3) is 3.39. The van der Waals surface area contributed by atoms with Gasteiger partial charge in [-0.2, -0.15) is 0 Å². The third-order valence-corrected chi connectivity index (χ3v) is 4.85. The zero-order valence-corrected chi connectivity index (χ0v) is 12.7. The minimum absolute atomic E-state index is 0.184. The lowest BCUT2D eigenvalue weighted by Crippen LogP contribution is -2.34. The first-order valence-electron chi connectivity index (χ1n) is 8.11. The number of hydrogen-bond donors (Lipinski definition) is 1. The summed E-state index contributed by atoms with van der Waals surface area (Å²) >= 11 is 0. The molecule has 1 saturated carbocycles. The van der Waals surface area contributed by atoms with Crippen LogP contribution < -0.4 is 10.2 Å². The van der Waals surface area contributed by atoms with Gasteiger partial charge in [-0.15, -0.1) is 0 Å². The SMILES string of the molecule is O=C(NCC1CCN(c2ccc(F)c(F)c2)C1)C1CCCC1. The number of nitrogens with zero attached hydrogens (tertiary/aromatic N) is 1. The van der Waals surface area contributed by atoms with Gasteiger partial charge in [-0.1, -0.05) is 12.8 Å². The van der Waals surface area contributed by atoms with E-state index in [4.69, 9.17) is 0 Å². The van der Waals surface area contributed by atoms with Crippen LogP contribution in [-0.4, -0.2) is 25.5 Å². The molecule has 0 spiro atoms. The van der Waals surface area contributed by atoms with E-state index in [9.17, 15) is 13.6 Å². The van der Waals surface area contributed by atoms with Crippen LogP contribution in [0.4, 0.5) is 14.5 Å². The van der Waals surface area contributed by atoms with E-state index < -0.39 is 11.6 Å². The number of benzene rings is 1. The average Bonchev–Trinajstić information content (AvgIpc) is 3.19. The molecule has 1 aliphatic carbocycles. The fraction of sp³-hybridized carbons (Fsp3) is 0.588. The summed E-state index contributed by atoms with van der Waals surface area (Å²) in [7, 11) is 0. The Morgan fingerprint density at radius 2 is 1.95 bits per heavy atom. The molecule has 0 radical (unpaired) electrons. The van der Waals surface area contributed by atoms with Crippen LogP contribution in [0.2, 0.25) is 0 Å². The first-order valence-corrected chi connectivity index (χ1v) is 8.11. The molecule has 1 amide bonds. The summed E-state index contributed by atoms with van der Waals surface area (Å²) in [4.78, 5) is 14.1. The van der Waals surface area contributed by atoms with Crippen molar-refractivity contribution in [2.24, 2.45) is 11.8 Å². The maximum atomic E-state index is 13.3. The van der Waals surface area contributed by atoms with Crippen LogP contribution in [0.1, 0.15) is 32.1 Å². The molecule has 1 saturated heterocycles. The number of nitrogens with one attached hydrogen (secondary N) is 1. The molecular formula is C17H22F2N2O. The maximum Gasteiger partial charge on any atom is 0.223 e. The third-order valence-electron chi connectivity index (χ3n) is 4.85. The van der Waals surface area contributed by atoms with Crippen molar-refractivity contribution in [2.45, 2.75) is 32.1 Å². The Morgan fingerprint density at radius 1 is 1.18 bits per heavy atom. The summed E-state index contributed by atoms with van der Waals surface area (Å²) in [6.45, 7) is 2.26. The molecule has 1 heterocycles. The Kier molecular flexibility index (Phi) is 4.60. The minimum atomic E-state index is -0.816. The molecule has 1 aromatic rings. The standard InChI is InChI=1S/C17H22F2N2O/c18-15-6-5-14(9-16(15)19)21-8-7-12(11-21)10-20-17(22)13-3-1-2-4-13/h5-6,9,12-13H,1-4,7-8,10-11H2,(H,20,22). The van der Waals surface area contributed by atoms with Crippen molar-refractivity contribution in [1.82, 2.24) is 5.32 Å². The van der Waals surface area contributed by atoms with Crippen molar-refractivity contribution in [1.29, 1.82) is 0 Å².